The van der Waals surface area contributed by atoms with Crippen molar-refractivity contribution in [2.75, 3.05) is 11.9 Å². The van der Waals surface area contributed by atoms with Gasteiger partial charge in [-0.2, -0.15) is 0 Å². The molecule has 0 atom stereocenters. The van der Waals surface area contributed by atoms with E-state index >= 15 is 0 Å². The number of benzene rings is 2. The lowest BCUT2D eigenvalue weighted by Gasteiger charge is -2.07. The van der Waals surface area contributed by atoms with Crippen LogP contribution in [0.4, 0.5) is 11.4 Å². The molecule has 1 amide bonds. The summed E-state index contributed by atoms with van der Waals surface area (Å²) in [6, 6.07) is 10.3. The molecule has 0 fully saturated rings. The summed E-state index contributed by atoms with van der Waals surface area (Å²) in [5.41, 5.74) is 0.0642. The minimum absolute atomic E-state index is 0.0671. The number of amides is 1. The zero-order chi connectivity index (χ0) is 17.7. The van der Waals surface area contributed by atoms with Crippen molar-refractivity contribution in [2.45, 2.75) is 0 Å². The number of nitrogens with one attached hydrogen (secondary N) is 1. The molecule has 0 spiro atoms. The first-order valence-electron chi connectivity index (χ1n) is 6.53. The number of hydrogen-bond donors (Lipinski definition) is 1. The van der Waals surface area contributed by atoms with E-state index in [9.17, 15) is 19.7 Å². The van der Waals surface area contributed by atoms with E-state index in [0.29, 0.717) is 5.69 Å². The van der Waals surface area contributed by atoms with E-state index in [1.54, 1.807) is 24.3 Å². The Morgan fingerprint density at radius 2 is 1.88 bits per heavy atom. The number of nitrogens with zero attached hydrogens (tertiary/aromatic N) is 1. The lowest BCUT2D eigenvalue weighted by atomic mass is 10.2. The minimum Gasteiger partial charge on any atom is -0.452 e. The molecule has 0 aromatic heterocycles. The third kappa shape index (κ3) is 4.77. The largest absolute Gasteiger partial charge is 0.452 e. The Morgan fingerprint density at radius 1 is 1.21 bits per heavy atom. The molecule has 2 aromatic carbocycles. The van der Waals surface area contributed by atoms with Crippen molar-refractivity contribution in [3.05, 3.63) is 67.6 Å². The van der Waals surface area contributed by atoms with Crippen molar-refractivity contribution in [2.24, 2.45) is 0 Å². The molecule has 2 aromatic rings. The number of rotatable bonds is 5. The predicted octanol–water partition coefficient (Wildman–Crippen LogP) is 3.81. The molecule has 124 valence electrons. The first kappa shape index (κ1) is 17.9. The molecular formula is C15H10BrClN2O5. The monoisotopic (exact) mass is 412 g/mol. The number of carbonyl (C=O) groups excluding carboxylic acids is 2. The highest BCUT2D eigenvalue weighted by Gasteiger charge is 2.18. The van der Waals surface area contributed by atoms with Crippen molar-refractivity contribution >= 4 is 50.8 Å². The number of nitro benzene ring substituents is 1. The van der Waals surface area contributed by atoms with Gasteiger partial charge in [0.05, 0.1) is 10.5 Å². The smallest absolute Gasteiger partial charge is 0.338 e. The number of anilines is 1. The summed E-state index contributed by atoms with van der Waals surface area (Å²) < 4.78 is 5.69. The molecule has 0 saturated carbocycles. The van der Waals surface area contributed by atoms with Gasteiger partial charge in [-0.05, 0) is 36.4 Å². The van der Waals surface area contributed by atoms with Crippen LogP contribution in [0.3, 0.4) is 0 Å². The van der Waals surface area contributed by atoms with Gasteiger partial charge in [0, 0.05) is 16.2 Å². The van der Waals surface area contributed by atoms with E-state index in [1.165, 1.54) is 12.1 Å². The molecule has 0 saturated heterocycles. The van der Waals surface area contributed by atoms with Gasteiger partial charge in [0.2, 0.25) is 0 Å². The van der Waals surface area contributed by atoms with Crippen LogP contribution in [0.5, 0.6) is 0 Å². The zero-order valence-electron chi connectivity index (χ0n) is 12.0. The first-order valence-corrected chi connectivity index (χ1v) is 7.70. The number of halogens is 2. The molecule has 2 rings (SSSR count). The zero-order valence-corrected chi connectivity index (χ0v) is 14.3. The lowest BCUT2D eigenvalue weighted by Crippen LogP contribution is -2.20. The SMILES string of the molecule is O=C(COC(=O)c1ccc(Cl)c([N+](=O)[O-])c1)Nc1ccc(Br)cc1. The van der Waals surface area contributed by atoms with Crippen LogP contribution in [0, 0.1) is 10.1 Å². The Kier molecular flexibility index (Phi) is 5.88. The van der Waals surface area contributed by atoms with Crippen molar-refractivity contribution in [1.82, 2.24) is 0 Å². The third-order valence-electron chi connectivity index (χ3n) is 2.84. The maximum atomic E-state index is 11.9. The Morgan fingerprint density at radius 3 is 2.50 bits per heavy atom. The molecule has 0 bridgehead atoms. The molecule has 1 N–H and O–H groups in total. The summed E-state index contributed by atoms with van der Waals surface area (Å²) in [6.45, 7) is -0.522. The van der Waals surface area contributed by atoms with Crippen LogP contribution in [0.15, 0.2) is 46.9 Å². The topological polar surface area (TPSA) is 98.5 Å². The molecule has 0 aliphatic rings. The van der Waals surface area contributed by atoms with Crippen molar-refractivity contribution < 1.29 is 19.2 Å². The van der Waals surface area contributed by atoms with Crippen LogP contribution in [0.1, 0.15) is 10.4 Å². The van der Waals surface area contributed by atoms with Gasteiger partial charge >= 0.3 is 5.97 Å². The summed E-state index contributed by atoms with van der Waals surface area (Å²) >= 11 is 8.93. The highest BCUT2D eigenvalue weighted by atomic mass is 79.9. The Balaban J connectivity index is 1.95. The number of nitro groups is 1. The molecule has 24 heavy (non-hydrogen) atoms. The molecule has 9 heteroatoms. The number of ether oxygens (including phenoxy) is 1. The van der Waals surface area contributed by atoms with E-state index < -0.39 is 29.1 Å². The van der Waals surface area contributed by atoms with Gasteiger partial charge in [-0.1, -0.05) is 27.5 Å². The van der Waals surface area contributed by atoms with Gasteiger partial charge in [0.15, 0.2) is 6.61 Å². The molecule has 0 aliphatic carbocycles. The van der Waals surface area contributed by atoms with Gasteiger partial charge in [-0.3, -0.25) is 14.9 Å². The Bertz CT molecular complexity index is 795. The maximum Gasteiger partial charge on any atom is 0.338 e. The second kappa shape index (κ2) is 7.89. The fraction of sp³-hybridized carbons (Fsp3) is 0.0667. The summed E-state index contributed by atoms with van der Waals surface area (Å²) in [6.07, 6.45) is 0. The second-order valence-corrected chi connectivity index (χ2v) is 5.88. The number of esters is 1. The van der Waals surface area contributed by atoms with Gasteiger partial charge in [0.25, 0.3) is 11.6 Å². The summed E-state index contributed by atoms with van der Waals surface area (Å²) in [4.78, 5) is 33.7. The van der Waals surface area contributed by atoms with Crippen LogP contribution in [-0.4, -0.2) is 23.4 Å². The van der Waals surface area contributed by atoms with E-state index in [2.05, 4.69) is 21.2 Å². The van der Waals surface area contributed by atoms with Gasteiger partial charge in [-0.15, -0.1) is 0 Å². The van der Waals surface area contributed by atoms with Crippen LogP contribution in [-0.2, 0) is 9.53 Å². The molecule has 0 heterocycles. The lowest BCUT2D eigenvalue weighted by molar-refractivity contribution is -0.384. The van der Waals surface area contributed by atoms with E-state index in [-0.39, 0.29) is 10.6 Å². The second-order valence-electron chi connectivity index (χ2n) is 4.55. The highest BCUT2D eigenvalue weighted by molar-refractivity contribution is 9.10. The fourth-order valence-corrected chi connectivity index (χ4v) is 2.18. The quantitative estimate of drug-likeness (QED) is 0.456. The average Bonchev–Trinajstić information content (AvgIpc) is 2.55. The van der Waals surface area contributed by atoms with Crippen molar-refractivity contribution in [3.8, 4) is 0 Å². The van der Waals surface area contributed by atoms with Crippen LogP contribution in [0.2, 0.25) is 5.02 Å². The van der Waals surface area contributed by atoms with Gasteiger partial charge in [0.1, 0.15) is 5.02 Å². The molecule has 0 aliphatic heterocycles. The molecule has 0 unspecified atom stereocenters. The maximum absolute atomic E-state index is 11.9. The van der Waals surface area contributed by atoms with E-state index in [0.717, 1.165) is 10.5 Å². The third-order valence-corrected chi connectivity index (χ3v) is 3.69. The van der Waals surface area contributed by atoms with E-state index in [1.807, 2.05) is 0 Å². The van der Waals surface area contributed by atoms with Crippen molar-refractivity contribution in [3.63, 3.8) is 0 Å². The minimum atomic E-state index is -0.860. The highest BCUT2D eigenvalue weighted by Crippen LogP contribution is 2.25. The Labute approximate surface area is 149 Å². The Hall–Kier alpha value is -2.45. The summed E-state index contributed by atoms with van der Waals surface area (Å²) in [5, 5.41) is 13.2. The van der Waals surface area contributed by atoms with Crippen LogP contribution < -0.4 is 5.32 Å². The molecule has 7 nitrogen and oxygen atoms in total. The standard InChI is InChI=1S/C15H10BrClN2O5/c16-10-2-4-11(5-3-10)18-14(20)8-24-15(21)9-1-6-12(17)13(7-9)19(22)23/h1-7H,8H2,(H,18,20). The summed E-state index contributed by atoms with van der Waals surface area (Å²) in [5.74, 6) is -1.39. The van der Waals surface area contributed by atoms with E-state index in [4.69, 9.17) is 16.3 Å². The molecule has 0 radical (unpaired) electrons. The fourth-order valence-electron chi connectivity index (χ4n) is 1.72. The van der Waals surface area contributed by atoms with Crippen molar-refractivity contribution in [1.29, 1.82) is 0 Å². The average molecular weight is 414 g/mol. The van der Waals surface area contributed by atoms with Crippen LogP contribution >= 0.6 is 27.5 Å². The number of hydrogen-bond acceptors (Lipinski definition) is 5. The van der Waals surface area contributed by atoms with Gasteiger partial charge in [-0.25, -0.2) is 4.79 Å². The summed E-state index contributed by atoms with van der Waals surface area (Å²) in [7, 11) is 0. The first-order chi connectivity index (χ1) is 11.4. The molecular weight excluding hydrogens is 404 g/mol. The predicted molar refractivity (Wildman–Crippen MR) is 91.2 cm³/mol. The number of carbonyl (C=O) groups is 2. The van der Waals surface area contributed by atoms with Gasteiger partial charge < -0.3 is 10.1 Å². The van der Waals surface area contributed by atoms with Crippen LogP contribution in [0.25, 0.3) is 0 Å². The normalized spacial score (nSPS) is 10.1.